The van der Waals surface area contributed by atoms with Crippen LogP contribution in [0.2, 0.25) is 0 Å². The lowest BCUT2D eigenvalue weighted by atomic mass is 9.92. The predicted octanol–water partition coefficient (Wildman–Crippen LogP) is 2.83. The molecule has 0 spiro atoms. The Bertz CT molecular complexity index is 407. The Morgan fingerprint density at radius 1 is 1.43 bits per heavy atom. The highest BCUT2D eigenvalue weighted by Gasteiger charge is 2.21. The van der Waals surface area contributed by atoms with Crippen LogP contribution in [0.25, 0.3) is 0 Å². The number of rotatable bonds is 7. The summed E-state index contributed by atoms with van der Waals surface area (Å²) >= 11 is 1.77. The molecule has 0 saturated heterocycles. The van der Waals surface area contributed by atoms with Crippen molar-refractivity contribution in [3.05, 3.63) is 22.4 Å². The number of hydrogen-bond acceptors (Lipinski definition) is 3. The second kappa shape index (κ2) is 10.4. The van der Waals surface area contributed by atoms with E-state index in [1.807, 2.05) is 6.92 Å². The summed E-state index contributed by atoms with van der Waals surface area (Å²) in [6, 6.07) is 4.24. The molecule has 0 aliphatic heterocycles. The Kier molecular flexibility index (Phi) is 10.2. The van der Waals surface area contributed by atoms with Gasteiger partial charge in [0.05, 0.1) is 6.54 Å². The van der Waals surface area contributed by atoms with E-state index < -0.39 is 0 Å². The van der Waals surface area contributed by atoms with Crippen LogP contribution in [-0.2, 0) is 5.41 Å². The molecule has 0 aliphatic carbocycles. The first-order valence-corrected chi connectivity index (χ1v) is 8.04. The average Bonchev–Trinajstić information content (AvgIpc) is 2.96. The van der Waals surface area contributed by atoms with Crippen molar-refractivity contribution in [3.8, 4) is 0 Å². The smallest absolute Gasteiger partial charge is 0.191 e. The van der Waals surface area contributed by atoms with Crippen LogP contribution in [0.5, 0.6) is 0 Å². The molecule has 122 valence electrons. The Morgan fingerprint density at radius 2 is 2.14 bits per heavy atom. The van der Waals surface area contributed by atoms with Gasteiger partial charge in [0.1, 0.15) is 0 Å². The van der Waals surface area contributed by atoms with Crippen molar-refractivity contribution in [2.75, 3.05) is 26.2 Å². The van der Waals surface area contributed by atoms with Crippen molar-refractivity contribution in [1.82, 2.24) is 10.6 Å². The van der Waals surface area contributed by atoms with E-state index in [-0.39, 0.29) is 41.9 Å². The first-order valence-electron chi connectivity index (χ1n) is 7.16. The average molecular weight is 425 g/mol. The van der Waals surface area contributed by atoms with E-state index in [2.05, 4.69) is 53.9 Å². The normalized spacial score (nSPS) is 13.5. The largest absolute Gasteiger partial charge is 0.396 e. The van der Waals surface area contributed by atoms with E-state index in [1.165, 1.54) is 4.88 Å². The number of nitrogens with zero attached hydrogens (tertiary/aromatic N) is 1. The zero-order chi connectivity index (χ0) is 15.0. The van der Waals surface area contributed by atoms with Crippen LogP contribution < -0.4 is 10.6 Å². The molecule has 0 bridgehead atoms. The molecule has 0 saturated carbocycles. The predicted molar refractivity (Wildman–Crippen MR) is 103 cm³/mol. The summed E-state index contributed by atoms with van der Waals surface area (Å²) in [5, 5.41) is 17.7. The molecule has 1 rings (SSSR count). The van der Waals surface area contributed by atoms with Crippen LogP contribution >= 0.6 is 35.3 Å². The van der Waals surface area contributed by atoms with Gasteiger partial charge in [-0.15, -0.1) is 35.3 Å². The van der Waals surface area contributed by atoms with Gasteiger partial charge >= 0.3 is 0 Å². The summed E-state index contributed by atoms with van der Waals surface area (Å²) < 4.78 is 0. The fourth-order valence-corrected chi connectivity index (χ4v) is 2.54. The number of aliphatic hydroxyl groups is 1. The summed E-state index contributed by atoms with van der Waals surface area (Å²) in [5.41, 5.74) is 0.0408. The van der Waals surface area contributed by atoms with Gasteiger partial charge in [0.25, 0.3) is 0 Å². The zero-order valence-corrected chi connectivity index (χ0v) is 16.5. The van der Waals surface area contributed by atoms with Crippen LogP contribution in [0, 0.1) is 5.92 Å². The van der Waals surface area contributed by atoms with Crippen LogP contribution in [0.15, 0.2) is 22.5 Å². The minimum absolute atomic E-state index is 0. The molecule has 1 unspecified atom stereocenters. The van der Waals surface area contributed by atoms with Gasteiger partial charge in [0.15, 0.2) is 5.96 Å². The second-order valence-corrected chi connectivity index (χ2v) is 6.67. The molecule has 1 aromatic rings. The SMILES string of the molecule is CCNC(=NCC(C)(C)c1cccs1)NCC(C)CO.I. The topological polar surface area (TPSA) is 56.7 Å². The molecule has 4 nitrogen and oxygen atoms in total. The minimum Gasteiger partial charge on any atom is -0.396 e. The highest BCUT2D eigenvalue weighted by molar-refractivity contribution is 14.0. The molecule has 0 radical (unpaired) electrons. The third-order valence-corrected chi connectivity index (χ3v) is 4.33. The lowest BCUT2D eigenvalue weighted by Gasteiger charge is -2.22. The van der Waals surface area contributed by atoms with Gasteiger partial charge in [-0.1, -0.05) is 26.8 Å². The van der Waals surface area contributed by atoms with Gasteiger partial charge in [-0.2, -0.15) is 0 Å². The molecular formula is C15H28IN3OS. The number of halogens is 1. The lowest BCUT2D eigenvalue weighted by Crippen LogP contribution is -2.40. The highest BCUT2D eigenvalue weighted by Crippen LogP contribution is 2.27. The standard InChI is InChI=1S/C15H27N3OS.HI/c1-5-16-14(17-9-12(2)10-19)18-11-15(3,4)13-7-6-8-20-13;/h6-8,12,19H,5,9-11H2,1-4H3,(H2,16,17,18);1H. The quantitative estimate of drug-likeness (QED) is 0.358. The Labute approximate surface area is 149 Å². The van der Waals surface area contributed by atoms with Gasteiger partial charge in [0.2, 0.25) is 0 Å². The summed E-state index contributed by atoms with van der Waals surface area (Å²) in [5.74, 6) is 1.04. The molecule has 0 aliphatic rings. The summed E-state index contributed by atoms with van der Waals surface area (Å²) in [6.07, 6.45) is 0. The Hall–Kier alpha value is -0.340. The van der Waals surface area contributed by atoms with Crippen molar-refractivity contribution in [1.29, 1.82) is 0 Å². The first-order chi connectivity index (χ1) is 9.49. The van der Waals surface area contributed by atoms with Gasteiger partial charge in [-0.3, -0.25) is 4.99 Å². The summed E-state index contributed by atoms with van der Waals surface area (Å²) in [6.45, 7) is 11.0. The van der Waals surface area contributed by atoms with E-state index in [0.29, 0.717) is 0 Å². The van der Waals surface area contributed by atoms with Gasteiger partial charge in [-0.05, 0) is 24.3 Å². The number of hydrogen-bond donors (Lipinski definition) is 3. The van der Waals surface area contributed by atoms with Crippen molar-refractivity contribution in [2.24, 2.45) is 10.9 Å². The molecular weight excluding hydrogens is 397 g/mol. The van der Waals surface area contributed by atoms with E-state index in [9.17, 15) is 0 Å². The van der Waals surface area contributed by atoms with Crippen LogP contribution in [0.4, 0.5) is 0 Å². The molecule has 0 amide bonds. The molecule has 0 fully saturated rings. The molecule has 1 aromatic heterocycles. The highest BCUT2D eigenvalue weighted by atomic mass is 127. The third-order valence-electron chi connectivity index (χ3n) is 3.09. The van der Waals surface area contributed by atoms with Crippen LogP contribution in [0.3, 0.4) is 0 Å². The van der Waals surface area contributed by atoms with Crippen LogP contribution in [0.1, 0.15) is 32.6 Å². The van der Waals surface area contributed by atoms with Crippen molar-refractivity contribution < 1.29 is 5.11 Å². The van der Waals surface area contributed by atoms with E-state index in [1.54, 1.807) is 11.3 Å². The number of guanidine groups is 1. The molecule has 21 heavy (non-hydrogen) atoms. The maximum Gasteiger partial charge on any atom is 0.191 e. The maximum absolute atomic E-state index is 9.06. The number of thiophene rings is 1. The fraction of sp³-hybridized carbons (Fsp3) is 0.667. The van der Waals surface area contributed by atoms with E-state index in [4.69, 9.17) is 5.11 Å². The molecule has 1 heterocycles. The number of nitrogens with one attached hydrogen (secondary N) is 2. The molecule has 1 atom stereocenters. The molecule has 6 heteroatoms. The first kappa shape index (κ1) is 20.7. The third kappa shape index (κ3) is 7.46. The molecule has 0 aromatic carbocycles. The lowest BCUT2D eigenvalue weighted by molar-refractivity contribution is 0.238. The van der Waals surface area contributed by atoms with Crippen molar-refractivity contribution in [3.63, 3.8) is 0 Å². The Morgan fingerprint density at radius 3 is 2.67 bits per heavy atom. The van der Waals surface area contributed by atoms with Gasteiger partial charge in [0, 0.05) is 30.0 Å². The van der Waals surface area contributed by atoms with Crippen molar-refractivity contribution >= 4 is 41.3 Å². The molecule has 3 N–H and O–H groups in total. The van der Waals surface area contributed by atoms with Crippen LogP contribution in [-0.4, -0.2) is 37.3 Å². The fourth-order valence-electron chi connectivity index (χ4n) is 1.70. The number of aliphatic imine (C=N–C) groups is 1. The summed E-state index contributed by atoms with van der Waals surface area (Å²) in [7, 11) is 0. The van der Waals surface area contributed by atoms with Gasteiger partial charge < -0.3 is 15.7 Å². The van der Waals surface area contributed by atoms with Crippen molar-refractivity contribution in [2.45, 2.75) is 33.1 Å². The Balaban J connectivity index is 0.00000400. The second-order valence-electron chi connectivity index (χ2n) is 5.72. The maximum atomic E-state index is 9.06. The van der Waals surface area contributed by atoms with E-state index in [0.717, 1.165) is 25.6 Å². The van der Waals surface area contributed by atoms with Gasteiger partial charge in [-0.25, -0.2) is 0 Å². The zero-order valence-electron chi connectivity index (χ0n) is 13.3. The summed E-state index contributed by atoms with van der Waals surface area (Å²) in [4.78, 5) is 6.01. The monoisotopic (exact) mass is 425 g/mol. The van der Waals surface area contributed by atoms with E-state index >= 15 is 0 Å². The minimum atomic E-state index is 0. The number of aliphatic hydroxyl groups excluding tert-OH is 1.